The van der Waals surface area contributed by atoms with Gasteiger partial charge in [0.2, 0.25) is 0 Å². The largest absolute Gasteiger partial charge is 0.371 e. The highest BCUT2D eigenvalue weighted by Gasteiger charge is 2.24. The van der Waals surface area contributed by atoms with Gasteiger partial charge in [-0.1, -0.05) is 32.0 Å². The summed E-state index contributed by atoms with van der Waals surface area (Å²) < 4.78 is 1.41. The smallest absolute Gasteiger partial charge is 0.274 e. The highest BCUT2D eigenvalue weighted by molar-refractivity contribution is 6.04. The summed E-state index contributed by atoms with van der Waals surface area (Å²) >= 11 is 0. The molecule has 1 fully saturated rings. The Balaban J connectivity index is 1.49. The molecular weight excluding hydrogens is 402 g/mol. The Morgan fingerprint density at radius 2 is 1.78 bits per heavy atom. The molecule has 1 aliphatic rings. The Bertz CT molecular complexity index is 1220. The van der Waals surface area contributed by atoms with Crippen molar-refractivity contribution in [3.05, 3.63) is 70.1 Å². The summed E-state index contributed by atoms with van der Waals surface area (Å²) in [6.07, 6.45) is 1.63. The first kappa shape index (κ1) is 21.6. The van der Waals surface area contributed by atoms with Crippen LogP contribution in [0.1, 0.15) is 42.7 Å². The van der Waals surface area contributed by atoms with Crippen LogP contribution in [0.15, 0.2) is 53.3 Å². The molecule has 2 aromatic carbocycles. The van der Waals surface area contributed by atoms with Crippen molar-refractivity contribution in [2.24, 2.45) is 5.92 Å². The SMILES string of the molecule is CC(C)Cn1nc(C(=O)NC2CCN(c3ccc(C#N)cc3)CC2)c2ccccc2c1=O. The molecule has 7 nitrogen and oxygen atoms in total. The van der Waals surface area contributed by atoms with Gasteiger partial charge < -0.3 is 10.2 Å². The Labute approximate surface area is 187 Å². The molecule has 2 heterocycles. The third-order valence-electron chi connectivity index (χ3n) is 5.81. The van der Waals surface area contributed by atoms with Gasteiger partial charge in [-0.2, -0.15) is 10.4 Å². The van der Waals surface area contributed by atoms with E-state index in [1.165, 1.54) is 4.68 Å². The van der Waals surface area contributed by atoms with Gasteiger partial charge in [-0.25, -0.2) is 4.68 Å². The first-order valence-corrected chi connectivity index (χ1v) is 11.0. The maximum Gasteiger partial charge on any atom is 0.274 e. The number of carbonyl (C=O) groups excluding carboxylic acids is 1. The minimum atomic E-state index is -0.240. The number of fused-ring (bicyclic) bond motifs is 1. The van der Waals surface area contributed by atoms with Crippen LogP contribution in [0.5, 0.6) is 0 Å². The molecule has 7 heteroatoms. The topological polar surface area (TPSA) is 91.0 Å². The van der Waals surface area contributed by atoms with Crippen LogP contribution in [-0.2, 0) is 6.54 Å². The first-order valence-electron chi connectivity index (χ1n) is 11.0. The van der Waals surface area contributed by atoms with Crippen molar-refractivity contribution >= 4 is 22.4 Å². The van der Waals surface area contributed by atoms with Gasteiger partial charge in [-0.15, -0.1) is 0 Å². The molecule has 1 saturated heterocycles. The number of nitrogens with one attached hydrogen (secondary N) is 1. The lowest BCUT2D eigenvalue weighted by Gasteiger charge is -2.34. The average molecular weight is 430 g/mol. The zero-order valence-corrected chi connectivity index (χ0v) is 18.4. The third kappa shape index (κ3) is 4.50. The van der Waals surface area contributed by atoms with Crippen LogP contribution in [0.2, 0.25) is 0 Å². The molecule has 0 atom stereocenters. The number of hydrogen-bond acceptors (Lipinski definition) is 5. The van der Waals surface area contributed by atoms with E-state index in [2.05, 4.69) is 21.4 Å². The van der Waals surface area contributed by atoms with Crippen LogP contribution in [0.4, 0.5) is 5.69 Å². The molecular formula is C25H27N5O2. The number of hydrogen-bond donors (Lipinski definition) is 1. The number of nitriles is 1. The van der Waals surface area contributed by atoms with Gasteiger partial charge in [0, 0.05) is 36.7 Å². The minimum absolute atomic E-state index is 0.0446. The number of nitrogens with zero attached hydrogens (tertiary/aromatic N) is 4. The van der Waals surface area contributed by atoms with Crippen molar-refractivity contribution in [1.82, 2.24) is 15.1 Å². The van der Waals surface area contributed by atoms with E-state index in [4.69, 9.17) is 5.26 Å². The monoisotopic (exact) mass is 429 g/mol. The standard InChI is InChI=1S/C25H27N5O2/c1-17(2)16-30-25(32)22-6-4-3-5-21(22)23(28-30)24(31)27-19-11-13-29(14-12-19)20-9-7-18(15-26)8-10-20/h3-10,17,19H,11-14,16H2,1-2H3,(H,27,31). The molecule has 1 aromatic heterocycles. The van der Waals surface area contributed by atoms with Crippen molar-refractivity contribution in [2.75, 3.05) is 18.0 Å². The molecule has 0 aliphatic carbocycles. The molecule has 0 saturated carbocycles. The fourth-order valence-corrected chi connectivity index (χ4v) is 4.16. The van der Waals surface area contributed by atoms with Crippen LogP contribution < -0.4 is 15.8 Å². The van der Waals surface area contributed by atoms with Gasteiger partial charge in [0.05, 0.1) is 17.0 Å². The molecule has 4 rings (SSSR count). The van der Waals surface area contributed by atoms with E-state index in [0.717, 1.165) is 31.6 Å². The number of aromatic nitrogens is 2. The van der Waals surface area contributed by atoms with Gasteiger partial charge in [0.15, 0.2) is 5.69 Å². The third-order valence-corrected chi connectivity index (χ3v) is 5.81. The maximum atomic E-state index is 13.2. The summed E-state index contributed by atoms with van der Waals surface area (Å²) in [5, 5.41) is 17.6. The number of carbonyl (C=O) groups is 1. The van der Waals surface area contributed by atoms with Crippen LogP contribution >= 0.6 is 0 Å². The van der Waals surface area contributed by atoms with Crippen LogP contribution in [0.3, 0.4) is 0 Å². The van der Waals surface area contributed by atoms with Crippen LogP contribution in [0.25, 0.3) is 10.8 Å². The first-order chi connectivity index (χ1) is 15.5. The second-order valence-electron chi connectivity index (χ2n) is 8.67. The zero-order valence-electron chi connectivity index (χ0n) is 18.4. The maximum absolute atomic E-state index is 13.2. The normalized spacial score (nSPS) is 14.5. The zero-order chi connectivity index (χ0) is 22.7. The number of piperidine rings is 1. The molecule has 0 unspecified atom stereocenters. The predicted octanol–water partition coefficient (Wildman–Crippen LogP) is 3.32. The van der Waals surface area contributed by atoms with E-state index in [1.54, 1.807) is 12.1 Å². The van der Waals surface area contributed by atoms with Crippen molar-refractivity contribution in [3.63, 3.8) is 0 Å². The highest BCUT2D eigenvalue weighted by Crippen LogP contribution is 2.21. The minimum Gasteiger partial charge on any atom is -0.371 e. The van der Waals surface area contributed by atoms with E-state index < -0.39 is 0 Å². The Kier molecular flexibility index (Phi) is 6.22. The Hall–Kier alpha value is -3.66. The molecule has 1 aliphatic heterocycles. The van der Waals surface area contributed by atoms with E-state index in [9.17, 15) is 9.59 Å². The number of anilines is 1. The number of benzene rings is 2. The summed E-state index contributed by atoms with van der Waals surface area (Å²) in [5.41, 5.74) is 1.87. The van der Waals surface area contributed by atoms with Gasteiger partial charge >= 0.3 is 0 Å². The second kappa shape index (κ2) is 9.23. The molecule has 1 N–H and O–H groups in total. The summed E-state index contributed by atoms with van der Waals surface area (Å²) in [6, 6.07) is 16.9. The van der Waals surface area contributed by atoms with Gasteiger partial charge in [0.25, 0.3) is 11.5 Å². The Morgan fingerprint density at radius 3 is 2.41 bits per heavy atom. The molecule has 0 spiro atoms. The van der Waals surface area contributed by atoms with E-state index >= 15 is 0 Å². The number of amides is 1. The van der Waals surface area contributed by atoms with Crippen molar-refractivity contribution in [1.29, 1.82) is 5.26 Å². The van der Waals surface area contributed by atoms with Gasteiger partial charge in [-0.05, 0) is 49.1 Å². The van der Waals surface area contributed by atoms with Crippen LogP contribution in [-0.4, -0.2) is 34.8 Å². The quantitative estimate of drug-likeness (QED) is 0.672. The lowest BCUT2D eigenvalue weighted by atomic mass is 10.0. The van der Waals surface area contributed by atoms with Crippen molar-refractivity contribution in [2.45, 2.75) is 39.3 Å². The lowest BCUT2D eigenvalue weighted by molar-refractivity contribution is 0.0925. The summed E-state index contributed by atoms with van der Waals surface area (Å²) in [4.78, 5) is 28.2. The molecule has 3 aromatic rings. The van der Waals surface area contributed by atoms with E-state index in [0.29, 0.717) is 28.6 Å². The second-order valence-corrected chi connectivity index (χ2v) is 8.67. The van der Waals surface area contributed by atoms with E-state index in [-0.39, 0.29) is 23.4 Å². The lowest BCUT2D eigenvalue weighted by Crippen LogP contribution is -2.45. The molecule has 0 radical (unpaired) electrons. The Morgan fingerprint density at radius 1 is 1.12 bits per heavy atom. The fraction of sp³-hybridized carbons (Fsp3) is 0.360. The van der Waals surface area contributed by atoms with Crippen LogP contribution in [0, 0.1) is 17.2 Å². The summed E-state index contributed by atoms with van der Waals surface area (Å²) in [6.45, 7) is 6.14. The summed E-state index contributed by atoms with van der Waals surface area (Å²) in [7, 11) is 0. The summed E-state index contributed by atoms with van der Waals surface area (Å²) in [5.74, 6) is -0.000597. The molecule has 1 amide bonds. The van der Waals surface area contributed by atoms with Gasteiger partial charge in [0.1, 0.15) is 0 Å². The molecule has 32 heavy (non-hydrogen) atoms. The van der Waals surface area contributed by atoms with Gasteiger partial charge in [-0.3, -0.25) is 9.59 Å². The number of rotatable bonds is 5. The average Bonchev–Trinajstić information content (AvgIpc) is 2.81. The molecule has 0 bridgehead atoms. The highest BCUT2D eigenvalue weighted by atomic mass is 16.2. The van der Waals surface area contributed by atoms with Crippen molar-refractivity contribution < 1.29 is 4.79 Å². The molecule has 164 valence electrons. The predicted molar refractivity (Wildman–Crippen MR) is 125 cm³/mol. The van der Waals surface area contributed by atoms with E-state index in [1.807, 2.05) is 50.2 Å². The van der Waals surface area contributed by atoms with Crippen molar-refractivity contribution in [3.8, 4) is 6.07 Å². The fourth-order valence-electron chi connectivity index (χ4n) is 4.16.